The fourth-order valence-corrected chi connectivity index (χ4v) is 4.76. The van der Waals surface area contributed by atoms with Gasteiger partial charge in [0.05, 0.1) is 0 Å². The first kappa shape index (κ1) is 28.0. The Kier molecular flexibility index (Phi) is 9.15. The minimum atomic E-state index is 0.273. The van der Waals surface area contributed by atoms with Crippen LogP contribution in [0.3, 0.4) is 0 Å². The van der Waals surface area contributed by atoms with Gasteiger partial charge in [0.15, 0.2) is 0 Å². The van der Waals surface area contributed by atoms with Gasteiger partial charge in [0.2, 0.25) is 0 Å². The van der Waals surface area contributed by atoms with Crippen LogP contribution in [0.15, 0.2) is 0 Å². The second-order valence-corrected chi connectivity index (χ2v) is 14.9. The first-order valence-corrected chi connectivity index (χ1v) is 12.7. The van der Waals surface area contributed by atoms with E-state index in [1.54, 1.807) is 0 Å². The van der Waals surface area contributed by atoms with Crippen LogP contribution in [0, 0.1) is 27.6 Å². The third-order valence-electron chi connectivity index (χ3n) is 7.97. The first-order chi connectivity index (χ1) is 13.3. The van der Waals surface area contributed by atoms with E-state index in [0.717, 1.165) is 5.92 Å². The van der Waals surface area contributed by atoms with Crippen LogP contribution in [-0.4, -0.2) is 48.1 Å². The van der Waals surface area contributed by atoms with Crippen LogP contribution in [0.1, 0.15) is 116 Å². The zero-order chi connectivity index (χ0) is 23.6. The lowest BCUT2D eigenvalue weighted by Gasteiger charge is -2.40. The Balaban J connectivity index is 2.68. The standard InChI is InChI=1S/C28H58N2/c1-23(2)20-29(18-16-24(3,4)5)19-17-26(9,10)14-15-28(13)22-30(25(6,7)8)21-27(28,11)12/h23H,14-22H2,1-13H3. The van der Waals surface area contributed by atoms with Crippen molar-refractivity contribution in [2.45, 2.75) is 121 Å². The van der Waals surface area contributed by atoms with Gasteiger partial charge in [-0.05, 0) is 87.1 Å². The summed E-state index contributed by atoms with van der Waals surface area (Å²) in [5.74, 6) is 0.745. The Bertz CT molecular complexity index is 518. The van der Waals surface area contributed by atoms with E-state index >= 15 is 0 Å². The fraction of sp³-hybridized carbons (Fsp3) is 1.00. The molecular formula is C28H58N2. The summed E-state index contributed by atoms with van der Waals surface area (Å²) in [4.78, 5) is 5.46. The molecule has 0 amide bonds. The maximum absolute atomic E-state index is 2.74. The largest absolute Gasteiger partial charge is 0.303 e. The summed E-state index contributed by atoms with van der Waals surface area (Å²) in [6.07, 6.45) is 5.27. The molecular weight excluding hydrogens is 364 g/mol. The number of nitrogens with zero attached hydrogens (tertiary/aromatic N) is 2. The molecule has 1 aliphatic rings. The van der Waals surface area contributed by atoms with Crippen LogP contribution in [0.5, 0.6) is 0 Å². The molecule has 2 nitrogen and oxygen atoms in total. The fourth-order valence-electron chi connectivity index (χ4n) is 4.76. The van der Waals surface area contributed by atoms with Crippen LogP contribution in [0.4, 0.5) is 0 Å². The van der Waals surface area contributed by atoms with Gasteiger partial charge in [-0.3, -0.25) is 4.90 Å². The predicted molar refractivity (Wildman–Crippen MR) is 136 cm³/mol. The van der Waals surface area contributed by atoms with Crippen LogP contribution in [0.25, 0.3) is 0 Å². The molecule has 1 fully saturated rings. The molecule has 1 rings (SSSR count). The van der Waals surface area contributed by atoms with E-state index in [4.69, 9.17) is 0 Å². The molecule has 1 heterocycles. The molecule has 2 heteroatoms. The Morgan fingerprint density at radius 3 is 1.77 bits per heavy atom. The first-order valence-electron chi connectivity index (χ1n) is 12.7. The van der Waals surface area contributed by atoms with Gasteiger partial charge < -0.3 is 4.90 Å². The van der Waals surface area contributed by atoms with E-state index in [0.29, 0.717) is 21.7 Å². The Morgan fingerprint density at radius 2 is 1.33 bits per heavy atom. The van der Waals surface area contributed by atoms with Crippen LogP contribution >= 0.6 is 0 Å². The van der Waals surface area contributed by atoms with Crippen molar-refractivity contribution in [1.82, 2.24) is 9.80 Å². The lowest BCUT2D eigenvalue weighted by molar-refractivity contribution is 0.106. The molecule has 0 aromatic carbocycles. The predicted octanol–water partition coefficient (Wildman–Crippen LogP) is 7.72. The number of hydrogen-bond donors (Lipinski definition) is 0. The molecule has 30 heavy (non-hydrogen) atoms. The van der Waals surface area contributed by atoms with Crippen molar-refractivity contribution in [2.75, 3.05) is 32.7 Å². The number of hydrogen-bond acceptors (Lipinski definition) is 2. The van der Waals surface area contributed by atoms with Crippen molar-refractivity contribution in [3.8, 4) is 0 Å². The van der Waals surface area contributed by atoms with E-state index in [1.807, 2.05) is 0 Å². The highest BCUT2D eigenvalue weighted by atomic mass is 15.2. The topological polar surface area (TPSA) is 6.48 Å². The molecule has 1 unspecified atom stereocenters. The minimum Gasteiger partial charge on any atom is -0.303 e. The molecule has 1 saturated heterocycles. The van der Waals surface area contributed by atoms with Crippen molar-refractivity contribution in [2.24, 2.45) is 27.6 Å². The summed E-state index contributed by atoms with van der Waals surface area (Å²) in [5.41, 5.74) is 1.89. The summed E-state index contributed by atoms with van der Waals surface area (Å²) in [6, 6.07) is 0. The summed E-state index contributed by atoms with van der Waals surface area (Å²) in [7, 11) is 0. The van der Waals surface area contributed by atoms with Gasteiger partial charge in [0, 0.05) is 25.2 Å². The van der Waals surface area contributed by atoms with E-state index in [9.17, 15) is 0 Å². The molecule has 1 aliphatic heterocycles. The van der Waals surface area contributed by atoms with E-state index < -0.39 is 0 Å². The lowest BCUT2D eigenvalue weighted by Crippen LogP contribution is -2.40. The maximum atomic E-state index is 2.74. The molecule has 0 N–H and O–H groups in total. The van der Waals surface area contributed by atoms with Crippen LogP contribution < -0.4 is 0 Å². The average Bonchev–Trinajstić information content (AvgIpc) is 2.78. The highest BCUT2D eigenvalue weighted by Gasteiger charge is 2.50. The molecule has 0 radical (unpaired) electrons. The second kappa shape index (κ2) is 9.82. The van der Waals surface area contributed by atoms with E-state index in [1.165, 1.54) is 58.4 Å². The summed E-state index contributed by atoms with van der Waals surface area (Å²) < 4.78 is 0. The van der Waals surface area contributed by atoms with Gasteiger partial charge in [-0.25, -0.2) is 0 Å². The molecule has 0 aromatic rings. The highest BCUT2D eigenvalue weighted by molar-refractivity contribution is 5.03. The van der Waals surface area contributed by atoms with Gasteiger partial charge >= 0.3 is 0 Å². The smallest absolute Gasteiger partial charge is 0.0125 e. The van der Waals surface area contributed by atoms with Gasteiger partial charge in [0.25, 0.3) is 0 Å². The van der Waals surface area contributed by atoms with Crippen molar-refractivity contribution in [1.29, 1.82) is 0 Å². The van der Waals surface area contributed by atoms with Crippen molar-refractivity contribution in [3.05, 3.63) is 0 Å². The minimum absolute atomic E-state index is 0.273. The van der Waals surface area contributed by atoms with Crippen LogP contribution in [0.2, 0.25) is 0 Å². The van der Waals surface area contributed by atoms with Crippen molar-refractivity contribution in [3.63, 3.8) is 0 Å². The molecule has 1 atom stereocenters. The van der Waals surface area contributed by atoms with E-state index in [-0.39, 0.29) is 5.54 Å². The molecule has 0 aromatic heterocycles. The highest BCUT2D eigenvalue weighted by Crippen LogP contribution is 2.51. The van der Waals surface area contributed by atoms with Gasteiger partial charge in [0.1, 0.15) is 0 Å². The molecule has 0 spiro atoms. The van der Waals surface area contributed by atoms with Gasteiger partial charge in [-0.2, -0.15) is 0 Å². The second-order valence-electron chi connectivity index (χ2n) is 14.9. The van der Waals surface area contributed by atoms with E-state index in [2.05, 4.69) is 99.8 Å². The monoisotopic (exact) mass is 422 g/mol. The molecule has 0 bridgehead atoms. The number of rotatable bonds is 10. The SMILES string of the molecule is CC(C)CN(CCC(C)(C)C)CCC(C)(C)CCC1(C)CN(C(C)(C)C)CC1(C)C. The average molecular weight is 423 g/mol. The zero-order valence-corrected chi connectivity index (χ0v) is 23.3. The summed E-state index contributed by atoms with van der Waals surface area (Å²) in [6.45, 7) is 37.7. The molecule has 0 saturated carbocycles. The molecule has 180 valence electrons. The summed E-state index contributed by atoms with van der Waals surface area (Å²) in [5, 5.41) is 0. The quantitative estimate of drug-likeness (QED) is 0.355. The third-order valence-corrected chi connectivity index (χ3v) is 7.97. The number of likely N-dealkylation sites (tertiary alicyclic amines) is 1. The Morgan fingerprint density at radius 1 is 0.800 bits per heavy atom. The van der Waals surface area contributed by atoms with Crippen molar-refractivity contribution < 1.29 is 0 Å². The third kappa shape index (κ3) is 8.81. The summed E-state index contributed by atoms with van der Waals surface area (Å²) >= 11 is 0. The van der Waals surface area contributed by atoms with Crippen LogP contribution in [-0.2, 0) is 0 Å². The zero-order valence-electron chi connectivity index (χ0n) is 23.3. The van der Waals surface area contributed by atoms with Gasteiger partial charge in [-0.15, -0.1) is 0 Å². The molecule has 0 aliphatic carbocycles. The Labute approximate surface area is 191 Å². The lowest BCUT2D eigenvalue weighted by atomic mass is 9.64. The normalized spacial score (nSPS) is 23.7. The Hall–Kier alpha value is -0.0800. The van der Waals surface area contributed by atoms with Crippen molar-refractivity contribution >= 4 is 0 Å². The van der Waals surface area contributed by atoms with Gasteiger partial charge in [-0.1, -0.05) is 69.2 Å². The maximum Gasteiger partial charge on any atom is 0.0125 e.